The van der Waals surface area contributed by atoms with E-state index in [1.54, 1.807) is 6.20 Å². The van der Waals surface area contributed by atoms with Crippen LogP contribution in [0.4, 0.5) is 13.2 Å². The van der Waals surface area contributed by atoms with Gasteiger partial charge in [-0.25, -0.2) is 13.4 Å². The van der Waals surface area contributed by atoms with Crippen molar-refractivity contribution in [2.24, 2.45) is 0 Å². The minimum Gasteiger partial charge on any atom is -0.346 e. The number of rotatable bonds is 5. The number of sulfonamides is 1. The zero-order chi connectivity index (χ0) is 23.8. The van der Waals surface area contributed by atoms with Crippen LogP contribution in [0, 0.1) is 0 Å². The molecule has 33 heavy (non-hydrogen) atoms. The zero-order valence-corrected chi connectivity index (χ0v) is 18.4. The van der Waals surface area contributed by atoms with Gasteiger partial charge >= 0.3 is 6.18 Å². The first kappa shape index (κ1) is 23.0. The number of carbonyl (C=O) groups excluding carboxylic acids is 1. The van der Waals surface area contributed by atoms with Crippen LogP contribution in [0.15, 0.2) is 59.8 Å². The molecule has 3 heterocycles. The number of H-pyrrole nitrogens is 1. The Kier molecular flexibility index (Phi) is 6.02. The maximum absolute atomic E-state index is 13.2. The van der Waals surface area contributed by atoms with E-state index in [4.69, 9.17) is 0 Å². The topological polar surface area (TPSA) is 95.2 Å². The molecular weight excluding hydrogens is 457 g/mol. The third kappa shape index (κ3) is 4.64. The van der Waals surface area contributed by atoms with Gasteiger partial charge in [0.25, 0.3) is 0 Å². The smallest absolute Gasteiger partial charge is 0.346 e. The van der Waals surface area contributed by atoms with Gasteiger partial charge in [-0.05, 0) is 43.2 Å². The van der Waals surface area contributed by atoms with Crippen LogP contribution < -0.4 is 4.72 Å². The van der Waals surface area contributed by atoms with Crippen LogP contribution in [-0.4, -0.2) is 48.3 Å². The first-order valence-electron chi connectivity index (χ1n) is 10.2. The molecule has 2 N–H and O–H groups in total. The van der Waals surface area contributed by atoms with E-state index in [0.29, 0.717) is 19.0 Å². The lowest BCUT2D eigenvalue weighted by Gasteiger charge is -2.29. The van der Waals surface area contributed by atoms with Crippen molar-refractivity contribution in [2.75, 3.05) is 13.1 Å². The number of aromatic nitrogens is 2. The monoisotopic (exact) mass is 478 g/mol. The lowest BCUT2D eigenvalue weighted by atomic mass is 9.99. The molecule has 1 atom stereocenters. The highest BCUT2D eigenvalue weighted by atomic mass is 32.2. The van der Waals surface area contributed by atoms with Crippen LogP contribution in [-0.2, 0) is 21.0 Å². The molecule has 0 radical (unpaired) electrons. The van der Waals surface area contributed by atoms with Gasteiger partial charge in [0.1, 0.15) is 5.65 Å². The highest BCUT2D eigenvalue weighted by Crippen LogP contribution is 2.34. The maximum atomic E-state index is 13.2. The molecule has 1 aliphatic rings. The fourth-order valence-electron chi connectivity index (χ4n) is 3.89. The lowest BCUT2D eigenvalue weighted by molar-refractivity contribution is -0.139. The predicted molar refractivity (Wildman–Crippen MR) is 116 cm³/mol. The average Bonchev–Trinajstić information content (AvgIpc) is 3.22. The molecule has 11 heteroatoms. The molecule has 1 aliphatic heterocycles. The number of carbonyl (C=O) groups is 1. The standard InChI is InChI=1S/C22H21F3N4O3S/c1-14(28-33(31,32)19-7-3-2-6-18(19)22(23,24)25)21(30)29-11-8-15(9-12-29)17-13-27-20-16(17)5-4-10-26-20/h2-8,10,13-14,28H,9,11-12H2,1H3,(H,26,27)/t14-/m0/s1. The van der Waals surface area contributed by atoms with Gasteiger partial charge in [-0.15, -0.1) is 0 Å². The van der Waals surface area contributed by atoms with E-state index in [2.05, 4.69) is 14.7 Å². The summed E-state index contributed by atoms with van der Waals surface area (Å²) >= 11 is 0. The number of amides is 1. The van der Waals surface area contributed by atoms with Crippen molar-refractivity contribution in [3.05, 3.63) is 66.0 Å². The minimum atomic E-state index is -4.84. The highest BCUT2D eigenvalue weighted by Gasteiger charge is 2.38. The molecule has 1 aromatic carbocycles. The number of hydrogen-bond donors (Lipinski definition) is 2. The largest absolute Gasteiger partial charge is 0.417 e. The van der Waals surface area contributed by atoms with Crippen LogP contribution in [0.5, 0.6) is 0 Å². The molecule has 7 nitrogen and oxygen atoms in total. The lowest BCUT2D eigenvalue weighted by Crippen LogP contribution is -2.48. The van der Waals surface area contributed by atoms with E-state index in [1.165, 1.54) is 17.9 Å². The van der Waals surface area contributed by atoms with Crippen molar-refractivity contribution < 1.29 is 26.4 Å². The summed E-state index contributed by atoms with van der Waals surface area (Å²) in [7, 11) is -4.57. The molecule has 0 unspecified atom stereocenters. The number of hydrogen-bond acceptors (Lipinski definition) is 4. The van der Waals surface area contributed by atoms with Gasteiger partial charge in [0.2, 0.25) is 15.9 Å². The summed E-state index contributed by atoms with van der Waals surface area (Å²) < 4.78 is 67.1. The van der Waals surface area contributed by atoms with Gasteiger partial charge in [0.15, 0.2) is 0 Å². The maximum Gasteiger partial charge on any atom is 0.417 e. The first-order chi connectivity index (χ1) is 15.6. The van der Waals surface area contributed by atoms with Gasteiger partial charge in [0, 0.05) is 36.4 Å². The van der Waals surface area contributed by atoms with Gasteiger partial charge in [-0.1, -0.05) is 18.2 Å². The number of pyridine rings is 1. The predicted octanol–water partition coefficient (Wildman–Crippen LogP) is 3.56. The Bertz CT molecular complexity index is 1330. The van der Waals surface area contributed by atoms with Crippen LogP contribution in [0.25, 0.3) is 16.6 Å². The first-order valence-corrected chi connectivity index (χ1v) is 11.6. The Morgan fingerprint density at radius 3 is 2.67 bits per heavy atom. The summed E-state index contributed by atoms with van der Waals surface area (Å²) in [6, 6.07) is 6.42. The second-order valence-corrected chi connectivity index (χ2v) is 9.38. The van der Waals surface area contributed by atoms with Gasteiger partial charge in [-0.2, -0.15) is 17.9 Å². The molecule has 0 saturated heterocycles. The number of nitrogens with zero attached hydrogens (tertiary/aromatic N) is 2. The van der Waals surface area contributed by atoms with Crippen molar-refractivity contribution in [3.63, 3.8) is 0 Å². The fraction of sp³-hybridized carbons (Fsp3) is 0.273. The number of aromatic amines is 1. The van der Waals surface area contributed by atoms with E-state index in [9.17, 15) is 26.4 Å². The quantitative estimate of drug-likeness (QED) is 0.586. The Morgan fingerprint density at radius 2 is 1.97 bits per heavy atom. The molecule has 3 aromatic rings. The highest BCUT2D eigenvalue weighted by molar-refractivity contribution is 7.89. The zero-order valence-electron chi connectivity index (χ0n) is 17.6. The Labute approximate surface area is 188 Å². The molecule has 4 rings (SSSR count). The van der Waals surface area contributed by atoms with Gasteiger partial charge in [-0.3, -0.25) is 4.79 Å². The molecule has 0 aliphatic carbocycles. The molecular formula is C22H21F3N4O3S. The van der Waals surface area contributed by atoms with Crippen LogP contribution in [0.1, 0.15) is 24.5 Å². The van der Waals surface area contributed by atoms with Crippen LogP contribution in [0.2, 0.25) is 0 Å². The summed E-state index contributed by atoms with van der Waals surface area (Å²) in [4.78, 5) is 20.8. The summed E-state index contributed by atoms with van der Waals surface area (Å²) in [5.74, 6) is -0.515. The fourth-order valence-corrected chi connectivity index (χ4v) is 5.32. The molecule has 0 bridgehead atoms. The molecule has 1 amide bonds. The number of nitrogens with one attached hydrogen (secondary N) is 2. The minimum absolute atomic E-state index is 0.256. The number of halogens is 3. The second-order valence-electron chi connectivity index (χ2n) is 7.70. The van der Waals surface area contributed by atoms with Crippen LogP contribution >= 0.6 is 0 Å². The van der Waals surface area contributed by atoms with Crippen molar-refractivity contribution in [1.82, 2.24) is 19.6 Å². The summed E-state index contributed by atoms with van der Waals surface area (Å²) in [6.07, 6.45) is 1.13. The normalized spacial score (nSPS) is 16.0. The SMILES string of the molecule is C[C@H](NS(=O)(=O)c1ccccc1C(F)(F)F)C(=O)N1CC=C(c2c[nH]c3ncccc23)CC1. The van der Waals surface area contributed by atoms with Crippen molar-refractivity contribution in [1.29, 1.82) is 0 Å². The average molecular weight is 478 g/mol. The summed E-state index contributed by atoms with van der Waals surface area (Å²) in [5, 5.41) is 0.966. The second kappa shape index (κ2) is 8.64. The molecule has 0 spiro atoms. The van der Waals surface area contributed by atoms with E-state index >= 15 is 0 Å². The third-order valence-corrected chi connectivity index (χ3v) is 7.10. The number of fused-ring (bicyclic) bond motifs is 1. The van der Waals surface area contributed by atoms with E-state index in [-0.39, 0.29) is 6.54 Å². The van der Waals surface area contributed by atoms with Crippen molar-refractivity contribution >= 4 is 32.5 Å². The van der Waals surface area contributed by atoms with E-state index < -0.39 is 38.6 Å². The Hall–Kier alpha value is -3.18. The molecule has 174 valence electrons. The number of benzene rings is 1. The van der Waals surface area contributed by atoms with E-state index in [1.807, 2.05) is 24.4 Å². The summed E-state index contributed by atoms with van der Waals surface area (Å²) in [5.41, 5.74) is 1.50. The molecule has 2 aromatic heterocycles. The molecule has 0 saturated carbocycles. The summed E-state index contributed by atoms with van der Waals surface area (Å²) in [6.45, 7) is 1.93. The molecule has 0 fully saturated rings. The van der Waals surface area contributed by atoms with Gasteiger partial charge in [0.05, 0.1) is 16.5 Å². The third-order valence-electron chi connectivity index (χ3n) is 5.50. The van der Waals surface area contributed by atoms with Crippen molar-refractivity contribution in [2.45, 2.75) is 30.5 Å². The van der Waals surface area contributed by atoms with Crippen molar-refractivity contribution in [3.8, 4) is 0 Å². The number of alkyl halides is 3. The van der Waals surface area contributed by atoms with E-state index in [0.717, 1.165) is 34.3 Å². The van der Waals surface area contributed by atoms with Crippen LogP contribution in [0.3, 0.4) is 0 Å². The Morgan fingerprint density at radius 1 is 1.21 bits per heavy atom. The van der Waals surface area contributed by atoms with Gasteiger partial charge < -0.3 is 9.88 Å². The Balaban J connectivity index is 1.47.